The van der Waals surface area contributed by atoms with Crippen LogP contribution in [0, 0.1) is 0 Å². The van der Waals surface area contributed by atoms with Crippen LogP contribution < -0.4 is 5.73 Å². The highest BCUT2D eigenvalue weighted by molar-refractivity contribution is 8.00. The van der Waals surface area contributed by atoms with Crippen LogP contribution in [0.25, 0.3) is 0 Å². The molecule has 0 bridgehead atoms. The van der Waals surface area contributed by atoms with Crippen molar-refractivity contribution >= 4 is 11.8 Å². The van der Waals surface area contributed by atoms with Gasteiger partial charge in [-0.05, 0) is 43.3 Å². The molecule has 3 N–H and O–H groups in total. The number of nitrogens with two attached hydrogens (primary N) is 1. The fraction of sp³-hybridized carbons (Fsp3) is 0.333. The molecule has 1 atom stereocenters. The first kappa shape index (κ1) is 14.9. The van der Waals surface area contributed by atoms with E-state index >= 15 is 0 Å². The van der Waals surface area contributed by atoms with Crippen LogP contribution in [0.2, 0.25) is 0 Å². The van der Waals surface area contributed by atoms with Crippen LogP contribution in [-0.2, 0) is 0 Å². The topological polar surface area (TPSA) is 46.2 Å². The molecule has 2 nitrogen and oxygen atoms in total. The third-order valence-corrected chi connectivity index (χ3v) is 2.92. The molecule has 0 unspecified atom stereocenters. The van der Waals surface area contributed by atoms with Crippen molar-refractivity contribution in [3.8, 4) is 5.75 Å². The Morgan fingerprint density at radius 2 is 2.11 bits per heavy atom. The van der Waals surface area contributed by atoms with Crippen LogP contribution in [0.15, 0.2) is 35.2 Å². The molecule has 1 rings (SSSR count). The van der Waals surface area contributed by atoms with Crippen molar-refractivity contribution in [1.29, 1.82) is 0 Å². The Labute approximate surface area is 108 Å². The van der Waals surface area contributed by atoms with Gasteiger partial charge in [0.05, 0.1) is 0 Å². The lowest BCUT2D eigenvalue weighted by Gasteiger charge is -2.15. The van der Waals surface area contributed by atoms with Gasteiger partial charge in [-0.25, -0.2) is 0 Å². The van der Waals surface area contributed by atoms with E-state index in [-0.39, 0.29) is 22.4 Å². The van der Waals surface area contributed by atoms with Crippen molar-refractivity contribution in [1.82, 2.24) is 0 Å². The smallest absolute Gasteiger partial charge is 0.446 e. The number of benzene rings is 1. The molecule has 18 heavy (non-hydrogen) atoms. The average molecular weight is 277 g/mol. The molecule has 0 aliphatic rings. The Morgan fingerprint density at radius 1 is 1.50 bits per heavy atom. The van der Waals surface area contributed by atoms with Crippen molar-refractivity contribution in [2.24, 2.45) is 5.73 Å². The van der Waals surface area contributed by atoms with Gasteiger partial charge < -0.3 is 10.8 Å². The molecule has 1 aromatic carbocycles. The number of halogens is 3. The van der Waals surface area contributed by atoms with E-state index in [4.69, 9.17) is 5.73 Å². The summed E-state index contributed by atoms with van der Waals surface area (Å²) in [5, 5.41) is 9.62. The van der Waals surface area contributed by atoms with Crippen LogP contribution >= 0.6 is 11.8 Å². The van der Waals surface area contributed by atoms with Crippen molar-refractivity contribution in [2.75, 3.05) is 0 Å². The van der Waals surface area contributed by atoms with Gasteiger partial charge >= 0.3 is 5.51 Å². The van der Waals surface area contributed by atoms with Gasteiger partial charge in [-0.15, -0.1) is 6.58 Å². The summed E-state index contributed by atoms with van der Waals surface area (Å²) in [6.07, 6.45) is 0.410. The highest BCUT2D eigenvalue weighted by atomic mass is 32.2. The minimum atomic E-state index is -4.35. The number of hydrogen-bond acceptors (Lipinski definition) is 3. The van der Waals surface area contributed by atoms with Crippen molar-refractivity contribution < 1.29 is 18.3 Å². The number of rotatable bonds is 4. The van der Waals surface area contributed by atoms with Crippen LogP contribution in [0.3, 0.4) is 0 Å². The Bertz CT molecular complexity index is 445. The standard InChI is InChI=1S/C12H14F3NOS/c1-7(2)5-10(16)9-6-8(3-4-11(9)17)18-12(13,14)15/h3-4,6,10,17H,1,5,16H2,2H3/t10-/m0/s1. The zero-order valence-corrected chi connectivity index (χ0v) is 10.6. The second kappa shape index (κ2) is 5.67. The number of aromatic hydroxyl groups is 1. The van der Waals surface area contributed by atoms with Crippen molar-refractivity contribution in [2.45, 2.75) is 29.8 Å². The molecule has 0 amide bonds. The maximum Gasteiger partial charge on any atom is 0.446 e. The van der Waals surface area contributed by atoms with Crippen LogP contribution in [0.1, 0.15) is 24.9 Å². The molecule has 0 spiro atoms. The Hall–Kier alpha value is -1.14. The zero-order valence-electron chi connectivity index (χ0n) is 9.79. The zero-order chi connectivity index (χ0) is 13.9. The minimum Gasteiger partial charge on any atom is -0.508 e. The SMILES string of the molecule is C=C(C)C[C@H](N)c1cc(SC(F)(F)F)ccc1O. The molecular formula is C12H14F3NOS. The lowest BCUT2D eigenvalue weighted by Crippen LogP contribution is -2.11. The minimum absolute atomic E-state index is 0.00691. The largest absolute Gasteiger partial charge is 0.508 e. The molecule has 0 aliphatic carbocycles. The van der Waals surface area contributed by atoms with Crippen LogP contribution in [0.4, 0.5) is 13.2 Å². The number of alkyl halides is 3. The summed E-state index contributed by atoms with van der Waals surface area (Å²) in [7, 11) is 0. The van der Waals surface area contributed by atoms with Crippen LogP contribution in [-0.4, -0.2) is 10.6 Å². The summed E-state index contributed by atoms with van der Waals surface area (Å²) in [6, 6.07) is 3.14. The monoisotopic (exact) mass is 277 g/mol. The van der Waals surface area contributed by atoms with Gasteiger partial charge in [-0.1, -0.05) is 5.57 Å². The first-order valence-electron chi connectivity index (χ1n) is 5.17. The Balaban J connectivity index is 2.97. The summed E-state index contributed by atoms with van der Waals surface area (Å²) >= 11 is -0.229. The van der Waals surface area contributed by atoms with E-state index in [1.165, 1.54) is 18.2 Å². The van der Waals surface area contributed by atoms with E-state index in [9.17, 15) is 18.3 Å². The van der Waals surface area contributed by atoms with E-state index in [1.807, 2.05) is 0 Å². The molecule has 0 heterocycles. The fourth-order valence-corrected chi connectivity index (χ4v) is 2.10. The molecule has 0 fully saturated rings. The van der Waals surface area contributed by atoms with Gasteiger partial charge in [0.2, 0.25) is 0 Å². The molecule has 0 radical (unpaired) electrons. The number of phenolic OH excluding ortho intramolecular Hbond substituents is 1. The van der Waals surface area contributed by atoms with Crippen LogP contribution in [0.5, 0.6) is 5.75 Å². The maximum atomic E-state index is 12.2. The molecule has 0 aromatic heterocycles. The molecule has 100 valence electrons. The summed E-state index contributed by atoms with van der Waals surface area (Å²) in [5.41, 5.74) is 2.56. The predicted molar refractivity (Wildman–Crippen MR) is 66.4 cm³/mol. The van der Waals surface area contributed by atoms with E-state index < -0.39 is 11.6 Å². The quantitative estimate of drug-likeness (QED) is 0.646. The van der Waals surface area contributed by atoms with Gasteiger partial charge in [0.15, 0.2) is 0 Å². The molecule has 6 heteroatoms. The number of hydrogen-bond donors (Lipinski definition) is 2. The predicted octanol–water partition coefficient (Wildman–Crippen LogP) is 3.97. The second-order valence-electron chi connectivity index (χ2n) is 4.04. The maximum absolute atomic E-state index is 12.2. The summed E-state index contributed by atoms with van der Waals surface area (Å²) in [6.45, 7) is 5.45. The van der Waals surface area contributed by atoms with E-state index in [2.05, 4.69) is 6.58 Å². The molecule has 0 saturated carbocycles. The molecule has 0 aliphatic heterocycles. The molecular weight excluding hydrogens is 263 g/mol. The molecule has 1 aromatic rings. The lowest BCUT2D eigenvalue weighted by atomic mass is 10.0. The average Bonchev–Trinajstić information content (AvgIpc) is 2.17. The lowest BCUT2D eigenvalue weighted by molar-refractivity contribution is -0.0328. The van der Waals surface area contributed by atoms with Gasteiger partial charge in [-0.3, -0.25) is 0 Å². The first-order valence-corrected chi connectivity index (χ1v) is 5.99. The van der Waals surface area contributed by atoms with Gasteiger partial charge in [-0.2, -0.15) is 13.2 Å². The summed E-state index contributed by atoms with van der Waals surface area (Å²) in [4.78, 5) is 0.00691. The summed E-state index contributed by atoms with van der Waals surface area (Å²) in [5.74, 6) is -0.102. The second-order valence-corrected chi connectivity index (χ2v) is 5.17. The normalized spacial score (nSPS) is 13.4. The van der Waals surface area contributed by atoms with Gasteiger partial charge in [0, 0.05) is 16.5 Å². The number of thioether (sulfide) groups is 1. The molecule has 0 saturated heterocycles. The third kappa shape index (κ3) is 4.62. The third-order valence-electron chi connectivity index (χ3n) is 2.20. The highest BCUT2D eigenvalue weighted by Gasteiger charge is 2.29. The van der Waals surface area contributed by atoms with Crippen molar-refractivity contribution in [3.63, 3.8) is 0 Å². The number of phenols is 1. The highest BCUT2D eigenvalue weighted by Crippen LogP contribution is 2.39. The summed E-state index contributed by atoms with van der Waals surface area (Å²) < 4.78 is 36.7. The van der Waals surface area contributed by atoms with E-state index in [0.717, 1.165) is 5.57 Å². The fourth-order valence-electron chi connectivity index (χ4n) is 1.51. The van der Waals surface area contributed by atoms with Gasteiger partial charge in [0.25, 0.3) is 0 Å². The Kier molecular flexibility index (Phi) is 4.70. The first-order chi connectivity index (χ1) is 8.19. The Morgan fingerprint density at radius 3 is 2.61 bits per heavy atom. The van der Waals surface area contributed by atoms with Crippen molar-refractivity contribution in [3.05, 3.63) is 35.9 Å². The van der Waals surface area contributed by atoms with E-state index in [0.29, 0.717) is 12.0 Å². The van der Waals surface area contributed by atoms with Gasteiger partial charge in [0.1, 0.15) is 5.75 Å². The van der Waals surface area contributed by atoms with E-state index in [1.54, 1.807) is 6.92 Å².